The highest BCUT2D eigenvalue weighted by atomic mass is 19.1. The number of carbonyl (C=O) groups is 1. The van der Waals surface area contributed by atoms with Gasteiger partial charge in [-0.3, -0.25) is 4.79 Å². The van der Waals surface area contributed by atoms with Crippen molar-refractivity contribution in [3.63, 3.8) is 0 Å². The fourth-order valence-electron chi connectivity index (χ4n) is 2.56. The number of aryl methyl sites for hydroxylation is 1. The van der Waals surface area contributed by atoms with E-state index in [-0.39, 0.29) is 11.7 Å². The molecule has 3 rings (SSSR count). The van der Waals surface area contributed by atoms with E-state index >= 15 is 0 Å². The van der Waals surface area contributed by atoms with E-state index < -0.39 is 0 Å². The van der Waals surface area contributed by atoms with Gasteiger partial charge >= 0.3 is 0 Å². The standard InChI is InChI=1S/C17H18FN3O2/c1-12-11-13(18)4-5-15(12)20-17(22)14-3-2-6-19-16(14)21-7-9-23-10-8-21/h2-6,11H,7-10H2,1H3,(H,20,22). The maximum Gasteiger partial charge on any atom is 0.259 e. The van der Waals surface area contributed by atoms with Crippen LogP contribution in [0.15, 0.2) is 36.5 Å². The van der Waals surface area contributed by atoms with Crippen LogP contribution in [-0.4, -0.2) is 37.2 Å². The van der Waals surface area contributed by atoms with Crippen molar-refractivity contribution in [3.05, 3.63) is 53.5 Å². The van der Waals surface area contributed by atoms with Crippen LogP contribution >= 0.6 is 0 Å². The Hall–Kier alpha value is -2.47. The van der Waals surface area contributed by atoms with E-state index in [1.54, 1.807) is 31.3 Å². The summed E-state index contributed by atoms with van der Waals surface area (Å²) in [5.74, 6) is 0.0678. The van der Waals surface area contributed by atoms with Crippen molar-refractivity contribution in [2.24, 2.45) is 0 Å². The van der Waals surface area contributed by atoms with Gasteiger partial charge in [-0.15, -0.1) is 0 Å². The summed E-state index contributed by atoms with van der Waals surface area (Å²) < 4.78 is 18.5. The van der Waals surface area contributed by atoms with E-state index in [4.69, 9.17) is 4.74 Å². The molecular weight excluding hydrogens is 297 g/mol. The highest BCUT2D eigenvalue weighted by molar-refractivity contribution is 6.07. The number of pyridine rings is 1. The van der Waals surface area contributed by atoms with E-state index in [1.165, 1.54) is 12.1 Å². The molecule has 1 amide bonds. The molecule has 0 aliphatic carbocycles. The number of morpholine rings is 1. The van der Waals surface area contributed by atoms with Crippen LogP contribution in [0.4, 0.5) is 15.9 Å². The summed E-state index contributed by atoms with van der Waals surface area (Å²) in [5, 5.41) is 2.83. The normalized spacial score (nSPS) is 14.6. The van der Waals surface area contributed by atoms with Crippen molar-refractivity contribution in [2.45, 2.75) is 6.92 Å². The van der Waals surface area contributed by atoms with Crippen LogP contribution < -0.4 is 10.2 Å². The van der Waals surface area contributed by atoms with Crippen molar-refractivity contribution < 1.29 is 13.9 Å². The monoisotopic (exact) mass is 315 g/mol. The zero-order valence-electron chi connectivity index (χ0n) is 12.9. The van der Waals surface area contributed by atoms with Crippen molar-refractivity contribution in [1.29, 1.82) is 0 Å². The highest BCUT2D eigenvalue weighted by Gasteiger charge is 2.20. The Morgan fingerprint density at radius 2 is 2.09 bits per heavy atom. The second-order valence-electron chi connectivity index (χ2n) is 5.39. The van der Waals surface area contributed by atoms with Gasteiger partial charge in [0, 0.05) is 25.0 Å². The van der Waals surface area contributed by atoms with Gasteiger partial charge in [0.15, 0.2) is 0 Å². The number of rotatable bonds is 3. The largest absolute Gasteiger partial charge is 0.378 e. The molecule has 0 atom stereocenters. The topological polar surface area (TPSA) is 54.5 Å². The Bertz CT molecular complexity index is 715. The summed E-state index contributed by atoms with van der Waals surface area (Å²) >= 11 is 0. The maximum absolute atomic E-state index is 13.2. The van der Waals surface area contributed by atoms with E-state index in [9.17, 15) is 9.18 Å². The number of hydrogen-bond donors (Lipinski definition) is 1. The Morgan fingerprint density at radius 1 is 1.30 bits per heavy atom. The van der Waals surface area contributed by atoms with Gasteiger partial charge in [-0.25, -0.2) is 9.37 Å². The quantitative estimate of drug-likeness (QED) is 0.946. The number of benzene rings is 1. The van der Waals surface area contributed by atoms with Gasteiger partial charge in [0.2, 0.25) is 0 Å². The first-order chi connectivity index (χ1) is 11.1. The summed E-state index contributed by atoms with van der Waals surface area (Å²) in [7, 11) is 0. The lowest BCUT2D eigenvalue weighted by Crippen LogP contribution is -2.38. The predicted octanol–water partition coefficient (Wildman–Crippen LogP) is 2.62. The van der Waals surface area contributed by atoms with Crippen LogP contribution in [0, 0.1) is 12.7 Å². The van der Waals surface area contributed by atoms with Crippen LogP contribution in [0.5, 0.6) is 0 Å². The van der Waals surface area contributed by atoms with Crippen molar-refractivity contribution >= 4 is 17.4 Å². The van der Waals surface area contributed by atoms with E-state index in [1.807, 2.05) is 4.90 Å². The lowest BCUT2D eigenvalue weighted by atomic mass is 10.1. The Labute approximate surface area is 134 Å². The van der Waals surface area contributed by atoms with E-state index in [0.717, 1.165) is 0 Å². The molecule has 5 nitrogen and oxygen atoms in total. The first-order valence-electron chi connectivity index (χ1n) is 7.50. The number of halogens is 1. The lowest BCUT2D eigenvalue weighted by Gasteiger charge is -2.29. The van der Waals surface area contributed by atoms with Crippen LogP contribution in [-0.2, 0) is 4.74 Å². The third-order valence-electron chi connectivity index (χ3n) is 3.78. The SMILES string of the molecule is Cc1cc(F)ccc1NC(=O)c1cccnc1N1CCOCC1. The molecule has 0 saturated carbocycles. The fraction of sp³-hybridized carbons (Fsp3) is 0.294. The van der Waals surface area contributed by atoms with Crippen molar-refractivity contribution in [1.82, 2.24) is 4.98 Å². The fourth-order valence-corrected chi connectivity index (χ4v) is 2.56. The second kappa shape index (κ2) is 6.75. The van der Waals surface area contributed by atoms with Crippen molar-refractivity contribution in [2.75, 3.05) is 36.5 Å². The Kier molecular flexibility index (Phi) is 4.52. The minimum Gasteiger partial charge on any atom is -0.378 e. The number of amides is 1. The number of hydrogen-bond acceptors (Lipinski definition) is 4. The van der Waals surface area contributed by atoms with Crippen molar-refractivity contribution in [3.8, 4) is 0 Å². The number of anilines is 2. The average Bonchev–Trinajstić information content (AvgIpc) is 2.58. The van der Waals surface area contributed by atoms with E-state index in [2.05, 4.69) is 10.3 Å². The lowest BCUT2D eigenvalue weighted by molar-refractivity contribution is 0.102. The number of carbonyl (C=O) groups excluding carboxylic acids is 1. The molecule has 1 aromatic carbocycles. The molecule has 2 aromatic rings. The first kappa shape index (κ1) is 15.4. The zero-order valence-corrected chi connectivity index (χ0v) is 12.9. The molecule has 0 unspecified atom stereocenters. The number of nitrogens with zero attached hydrogens (tertiary/aromatic N) is 2. The molecule has 0 radical (unpaired) electrons. The van der Waals surface area contributed by atoms with Gasteiger partial charge in [0.25, 0.3) is 5.91 Å². The molecule has 0 bridgehead atoms. The van der Waals surface area contributed by atoms with Gasteiger partial charge in [-0.2, -0.15) is 0 Å². The number of ether oxygens (including phenoxy) is 1. The van der Waals surface area contributed by atoms with Gasteiger partial charge in [-0.05, 0) is 42.8 Å². The Balaban J connectivity index is 1.84. The third-order valence-corrected chi connectivity index (χ3v) is 3.78. The molecule has 120 valence electrons. The van der Waals surface area contributed by atoms with Crippen LogP contribution in [0.25, 0.3) is 0 Å². The molecule has 1 N–H and O–H groups in total. The summed E-state index contributed by atoms with van der Waals surface area (Å²) in [6.45, 7) is 4.40. The van der Waals surface area contributed by atoms with Gasteiger partial charge < -0.3 is 15.0 Å². The third kappa shape index (κ3) is 3.48. The number of nitrogens with one attached hydrogen (secondary N) is 1. The molecule has 2 heterocycles. The molecular formula is C17H18FN3O2. The molecule has 1 aromatic heterocycles. The summed E-state index contributed by atoms with van der Waals surface area (Å²) in [5.41, 5.74) is 1.77. The molecule has 1 saturated heterocycles. The Morgan fingerprint density at radius 3 is 2.83 bits per heavy atom. The van der Waals surface area contributed by atoms with Crippen LogP contribution in [0.3, 0.4) is 0 Å². The van der Waals surface area contributed by atoms with Gasteiger partial charge in [0.1, 0.15) is 11.6 Å². The highest BCUT2D eigenvalue weighted by Crippen LogP contribution is 2.21. The molecule has 1 aliphatic rings. The summed E-state index contributed by atoms with van der Waals surface area (Å²) in [4.78, 5) is 19.0. The zero-order chi connectivity index (χ0) is 16.2. The van der Waals surface area contributed by atoms with E-state index in [0.29, 0.717) is 48.9 Å². The summed E-state index contributed by atoms with van der Waals surface area (Å²) in [6.07, 6.45) is 1.67. The minimum absolute atomic E-state index is 0.255. The molecule has 1 aliphatic heterocycles. The van der Waals surface area contributed by atoms with Crippen LogP contribution in [0.1, 0.15) is 15.9 Å². The van der Waals surface area contributed by atoms with Gasteiger partial charge in [0.05, 0.1) is 18.8 Å². The molecule has 0 spiro atoms. The maximum atomic E-state index is 13.2. The molecule has 1 fully saturated rings. The molecule has 23 heavy (non-hydrogen) atoms. The first-order valence-corrected chi connectivity index (χ1v) is 7.50. The number of aromatic nitrogens is 1. The second-order valence-corrected chi connectivity index (χ2v) is 5.39. The average molecular weight is 315 g/mol. The predicted molar refractivity (Wildman–Crippen MR) is 86.4 cm³/mol. The van der Waals surface area contributed by atoms with Gasteiger partial charge in [-0.1, -0.05) is 0 Å². The molecule has 6 heteroatoms. The smallest absolute Gasteiger partial charge is 0.259 e. The van der Waals surface area contributed by atoms with Crippen LogP contribution in [0.2, 0.25) is 0 Å². The minimum atomic E-state index is -0.323. The summed E-state index contributed by atoms with van der Waals surface area (Å²) in [6, 6.07) is 7.76.